The van der Waals surface area contributed by atoms with Gasteiger partial charge in [0.05, 0.1) is 25.0 Å². The maximum Gasteiger partial charge on any atom is 0.274 e. The van der Waals surface area contributed by atoms with Gasteiger partial charge in [-0.15, -0.1) is 10.2 Å². The average molecular weight is 360 g/mol. The Bertz CT molecular complexity index is 738. The predicted octanol–water partition coefficient (Wildman–Crippen LogP) is 0.124. The minimum absolute atomic E-state index is 0.123. The SMILES string of the molecule is Nn1c(SCC(=O)N2CCN(c3cccc[nH+]3)CC2)nnc1C1CC1. The molecule has 2 aromatic rings. The third kappa shape index (κ3) is 3.55. The Kier molecular flexibility index (Phi) is 4.48. The number of hydrogen-bond acceptors (Lipinski definition) is 6. The van der Waals surface area contributed by atoms with E-state index in [9.17, 15) is 4.79 Å². The molecule has 9 heteroatoms. The Morgan fingerprint density at radius 1 is 1.24 bits per heavy atom. The molecule has 3 heterocycles. The fourth-order valence-corrected chi connectivity index (χ4v) is 3.77. The summed E-state index contributed by atoms with van der Waals surface area (Å²) in [5.41, 5.74) is 0. The van der Waals surface area contributed by atoms with Crippen molar-refractivity contribution in [3.8, 4) is 0 Å². The number of carbonyl (C=O) groups excluding carboxylic acids is 1. The molecule has 2 aliphatic rings. The highest BCUT2D eigenvalue weighted by molar-refractivity contribution is 7.99. The molecule has 1 amide bonds. The Hall–Kier alpha value is -2.29. The van der Waals surface area contributed by atoms with Crippen molar-refractivity contribution in [1.82, 2.24) is 19.8 Å². The normalized spacial score (nSPS) is 17.8. The van der Waals surface area contributed by atoms with Crippen molar-refractivity contribution in [2.24, 2.45) is 0 Å². The van der Waals surface area contributed by atoms with Crippen molar-refractivity contribution in [2.45, 2.75) is 23.9 Å². The van der Waals surface area contributed by atoms with Crippen LogP contribution in [0.3, 0.4) is 0 Å². The smallest absolute Gasteiger partial charge is 0.274 e. The van der Waals surface area contributed by atoms with Crippen LogP contribution in [0.4, 0.5) is 5.82 Å². The number of anilines is 1. The minimum atomic E-state index is 0.123. The van der Waals surface area contributed by atoms with Crippen LogP contribution in [0.2, 0.25) is 0 Å². The van der Waals surface area contributed by atoms with Crippen LogP contribution < -0.4 is 15.7 Å². The monoisotopic (exact) mass is 360 g/mol. The van der Waals surface area contributed by atoms with Crippen LogP contribution in [0.15, 0.2) is 29.6 Å². The molecule has 3 N–H and O–H groups in total. The van der Waals surface area contributed by atoms with E-state index in [1.165, 1.54) is 11.8 Å². The first-order chi connectivity index (χ1) is 12.2. The molecule has 0 aromatic carbocycles. The zero-order valence-electron chi connectivity index (χ0n) is 14.0. The van der Waals surface area contributed by atoms with Crippen LogP contribution in [0.5, 0.6) is 0 Å². The lowest BCUT2D eigenvalue weighted by Crippen LogP contribution is -2.50. The second-order valence-corrected chi connectivity index (χ2v) is 7.33. The Morgan fingerprint density at radius 2 is 2.04 bits per heavy atom. The topological polar surface area (TPSA) is 94.4 Å². The van der Waals surface area contributed by atoms with E-state index >= 15 is 0 Å². The van der Waals surface area contributed by atoms with Crippen molar-refractivity contribution in [1.29, 1.82) is 0 Å². The van der Waals surface area contributed by atoms with Gasteiger partial charge in [0.2, 0.25) is 11.1 Å². The summed E-state index contributed by atoms with van der Waals surface area (Å²) in [6, 6.07) is 6.03. The summed E-state index contributed by atoms with van der Waals surface area (Å²) in [5, 5.41) is 8.88. The second-order valence-electron chi connectivity index (χ2n) is 6.39. The fourth-order valence-electron chi connectivity index (χ4n) is 3.00. The summed E-state index contributed by atoms with van der Waals surface area (Å²) >= 11 is 1.37. The molecule has 1 aliphatic carbocycles. The van der Waals surface area contributed by atoms with Gasteiger partial charge in [-0.05, 0) is 18.9 Å². The van der Waals surface area contributed by atoms with E-state index < -0.39 is 0 Å². The number of pyridine rings is 1. The molecular weight excluding hydrogens is 338 g/mol. The molecule has 8 nitrogen and oxygen atoms in total. The molecule has 1 saturated carbocycles. The van der Waals surface area contributed by atoms with Crippen LogP contribution >= 0.6 is 11.8 Å². The maximum absolute atomic E-state index is 12.5. The van der Waals surface area contributed by atoms with E-state index in [0.29, 0.717) is 16.8 Å². The number of aromatic nitrogens is 4. The number of thioether (sulfide) groups is 1. The number of H-pyrrole nitrogens is 1. The zero-order chi connectivity index (χ0) is 17.2. The van der Waals surface area contributed by atoms with E-state index in [2.05, 4.69) is 26.1 Å². The van der Waals surface area contributed by atoms with Crippen molar-refractivity contribution < 1.29 is 9.78 Å². The summed E-state index contributed by atoms with van der Waals surface area (Å²) in [6.07, 6.45) is 4.17. The predicted molar refractivity (Wildman–Crippen MR) is 94.7 cm³/mol. The first-order valence-electron chi connectivity index (χ1n) is 8.55. The number of nitrogen functional groups attached to an aromatic ring is 1. The zero-order valence-corrected chi connectivity index (χ0v) is 14.8. The highest BCUT2D eigenvalue weighted by Gasteiger charge is 2.30. The van der Waals surface area contributed by atoms with Crippen LogP contribution in [-0.4, -0.2) is 57.6 Å². The Morgan fingerprint density at radius 3 is 2.72 bits per heavy atom. The third-order valence-corrected chi connectivity index (χ3v) is 5.55. The van der Waals surface area contributed by atoms with Gasteiger partial charge in [-0.3, -0.25) is 9.69 Å². The third-order valence-electron chi connectivity index (χ3n) is 4.62. The summed E-state index contributed by atoms with van der Waals surface area (Å²) < 4.78 is 1.54. The van der Waals surface area contributed by atoms with Crippen LogP contribution in [0.25, 0.3) is 0 Å². The number of hydrogen-bond donors (Lipinski definition) is 1. The van der Waals surface area contributed by atoms with Gasteiger partial charge in [0.25, 0.3) is 5.82 Å². The molecule has 2 aromatic heterocycles. The average Bonchev–Trinajstić information content (AvgIpc) is 3.44. The van der Waals surface area contributed by atoms with Gasteiger partial charge < -0.3 is 10.7 Å². The summed E-state index contributed by atoms with van der Waals surface area (Å²) in [5.74, 6) is 8.87. The number of nitrogens with zero attached hydrogens (tertiary/aromatic N) is 5. The molecule has 1 aliphatic heterocycles. The maximum atomic E-state index is 12.5. The molecule has 1 saturated heterocycles. The molecule has 0 bridgehead atoms. The molecule has 0 radical (unpaired) electrons. The minimum Gasteiger partial charge on any atom is -0.336 e. The first-order valence-corrected chi connectivity index (χ1v) is 9.53. The van der Waals surface area contributed by atoms with Gasteiger partial charge in [0, 0.05) is 12.0 Å². The fraction of sp³-hybridized carbons (Fsp3) is 0.500. The summed E-state index contributed by atoms with van der Waals surface area (Å²) in [6.45, 7) is 3.11. The Labute approximate surface area is 150 Å². The number of piperazine rings is 1. The lowest BCUT2D eigenvalue weighted by atomic mass is 10.3. The number of nitrogens with one attached hydrogen (secondary N) is 1. The van der Waals surface area contributed by atoms with E-state index in [1.807, 2.05) is 23.2 Å². The highest BCUT2D eigenvalue weighted by Crippen LogP contribution is 2.39. The largest absolute Gasteiger partial charge is 0.336 e. The highest BCUT2D eigenvalue weighted by atomic mass is 32.2. The number of amides is 1. The van der Waals surface area contributed by atoms with Gasteiger partial charge in [-0.25, -0.2) is 9.66 Å². The van der Waals surface area contributed by atoms with E-state index in [-0.39, 0.29) is 5.91 Å². The molecule has 0 atom stereocenters. The van der Waals surface area contributed by atoms with E-state index in [4.69, 9.17) is 5.84 Å². The molecule has 2 fully saturated rings. The van der Waals surface area contributed by atoms with Crippen LogP contribution in [0, 0.1) is 0 Å². The van der Waals surface area contributed by atoms with Crippen LogP contribution in [-0.2, 0) is 4.79 Å². The van der Waals surface area contributed by atoms with Crippen molar-refractivity contribution >= 4 is 23.5 Å². The first kappa shape index (κ1) is 16.2. The number of nitrogens with two attached hydrogens (primary N) is 1. The van der Waals surface area contributed by atoms with Gasteiger partial charge in [0.15, 0.2) is 5.82 Å². The molecule has 0 spiro atoms. The quantitative estimate of drug-likeness (QED) is 0.601. The van der Waals surface area contributed by atoms with Crippen molar-refractivity contribution in [2.75, 3.05) is 42.7 Å². The summed E-state index contributed by atoms with van der Waals surface area (Å²) in [4.78, 5) is 19.9. The van der Waals surface area contributed by atoms with Crippen molar-refractivity contribution in [3.05, 3.63) is 30.2 Å². The molecule has 25 heavy (non-hydrogen) atoms. The van der Waals surface area contributed by atoms with Crippen LogP contribution in [0.1, 0.15) is 24.6 Å². The lowest BCUT2D eigenvalue weighted by molar-refractivity contribution is -0.364. The van der Waals surface area contributed by atoms with Gasteiger partial charge in [0.1, 0.15) is 13.1 Å². The van der Waals surface area contributed by atoms with E-state index in [0.717, 1.165) is 50.7 Å². The van der Waals surface area contributed by atoms with Gasteiger partial charge in [-0.2, -0.15) is 0 Å². The Balaban J connectivity index is 1.28. The lowest BCUT2D eigenvalue weighted by Gasteiger charge is -2.30. The van der Waals surface area contributed by atoms with E-state index in [1.54, 1.807) is 4.68 Å². The number of aromatic amines is 1. The second kappa shape index (κ2) is 6.91. The molecule has 132 valence electrons. The number of carbonyl (C=O) groups is 1. The summed E-state index contributed by atoms with van der Waals surface area (Å²) in [7, 11) is 0. The molecule has 0 unspecified atom stereocenters. The van der Waals surface area contributed by atoms with Crippen molar-refractivity contribution in [3.63, 3.8) is 0 Å². The molecule has 4 rings (SSSR count). The standard InChI is InChI=1S/C16H21N7OS/c17-23-15(12-4-5-12)19-20-16(23)25-11-14(24)22-9-7-21(8-10-22)13-3-1-2-6-18-13/h1-3,6,12H,4-5,7-11,17H2/p+1. The molecular formula is C16H22N7OS+. The van der Waals surface area contributed by atoms with Gasteiger partial charge in [-0.1, -0.05) is 17.8 Å². The number of rotatable bonds is 5. The van der Waals surface area contributed by atoms with Gasteiger partial charge >= 0.3 is 0 Å².